The van der Waals surface area contributed by atoms with Crippen molar-refractivity contribution in [1.29, 1.82) is 0 Å². The summed E-state index contributed by atoms with van der Waals surface area (Å²) in [5.74, 6) is 1.26. The summed E-state index contributed by atoms with van der Waals surface area (Å²) < 4.78 is 1.96. The van der Waals surface area contributed by atoms with Gasteiger partial charge in [0.25, 0.3) is 0 Å². The van der Waals surface area contributed by atoms with E-state index in [0.717, 1.165) is 29.9 Å². The molecule has 0 aromatic carbocycles. The first-order chi connectivity index (χ1) is 11.7. The zero-order valence-electron chi connectivity index (χ0n) is 13.8. The maximum absolute atomic E-state index is 9.85. The van der Waals surface area contributed by atoms with Gasteiger partial charge in [-0.1, -0.05) is 0 Å². The lowest BCUT2D eigenvalue weighted by molar-refractivity contribution is 0.227. The maximum atomic E-state index is 9.85. The third-order valence-electron chi connectivity index (χ3n) is 4.78. The van der Waals surface area contributed by atoms with Crippen molar-refractivity contribution in [3.8, 4) is 0 Å². The van der Waals surface area contributed by atoms with Crippen LogP contribution >= 0.6 is 0 Å². The summed E-state index contributed by atoms with van der Waals surface area (Å²) in [6.07, 6.45) is 7.32. The van der Waals surface area contributed by atoms with Crippen LogP contribution in [0.15, 0.2) is 24.9 Å². The summed E-state index contributed by atoms with van der Waals surface area (Å²) in [6, 6.07) is 0.330. The zero-order valence-corrected chi connectivity index (χ0v) is 13.8. The standard InChI is InChI=1S/C16H21N7O/c1-10(2)23-6-11(3-20-23)14-7-22(5-12(14)8-24)16-13-4-19-21-15(13)17-9-18-16/h3-4,6,9-10,12,14,24H,5,7-8H2,1-2H3,(H,17,18,19,21)/t12-,14-/m0/s1. The van der Waals surface area contributed by atoms with E-state index in [2.05, 4.69) is 50.2 Å². The molecule has 2 atom stereocenters. The molecule has 2 N–H and O–H groups in total. The highest BCUT2D eigenvalue weighted by Gasteiger charge is 2.35. The molecule has 24 heavy (non-hydrogen) atoms. The smallest absolute Gasteiger partial charge is 0.160 e. The van der Waals surface area contributed by atoms with Crippen LogP contribution in [0.3, 0.4) is 0 Å². The maximum Gasteiger partial charge on any atom is 0.160 e. The molecule has 1 fully saturated rings. The lowest BCUT2D eigenvalue weighted by Gasteiger charge is -2.17. The average Bonchev–Trinajstić information content (AvgIpc) is 3.31. The number of fused-ring (bicyclic) bond motifs is 1. The van der Waals surface area contributed by atoms with E-state index in [1.54, 1.807) is 12.5 Å². The minimum Gasteiger partial charge on any atom is -0.396 e. The van der Waals surface area contributed by atoms with E-state index in [0.29, 0.717) is 6.04 Å². The van der Waals surface area contributed by atoms with Crippen molar-refractivity contribution in [3.63, 3.8) is 0 Å². The van der Waals surface area contributed by atoms with Crippen LogP contribution < -0.4 is 4.90 Å². The molecule has 0 saturated carbocycles. The van der Waals surface area contributed by atoms with E-state index < -0.39 is 0 Å². The number of H-pyrrole nitrogens is 1. The van der Waals surface area contributed by atoms with Gasteiger partial charge in [-0.2, -0.15) is 10.2 Å². The first-order valence-electron chi connectivity index (χ1n) is 8.21. The molecule has 0 unspecified atom stereocenters. The summed E-state index contributed by atoms with van der Waals surface area (Å²) >= 11 is 0. The Balaban J connectivity index is 1.65. The topological polar surface area (TPSA) is 95.8 Å². The summed E-state index contributed by atoms with van der Waals surface area (Å²) in [4.78, 5) is 10.8. The number of nitrogens with one attached hydrogen (secondary N) is 1. The zero-order chi connectivity index (χ0) is 16.7. The van der Waals surface area contributed by atoms with Crippen molar-refractivity contribution in [2.75, 3.05) is 24.6 Å². The number of aromatic nitrogens is 6. The van der Waals surface area contributed by atoms with Gasteiger partial charge in [-0.15, -0.1) is 0 Å². The van der Waals surface area contributed by atoms with Crippen LogP contribution in [0, 0.1) is 5.92 Å². The number of anilines is 1. The van der Waals surface area contributed by atoms with E-state index in [-0.39, 0.29) is 18.4 Å². The van der Waals surface area contributed by atoms with Gasteiger partial charge in [-0.3, -0.25) is 9.78 Å². The molecule has 8 heteroatoms. The minimum atomic E-state index is 0.146. The summed E-state index contributed by atoms with van der Waals surface area (Å²) in [6.45, 7) is 5.92. The largest absolute Gasteiger partial charge is 0.396 e. The number of nitrogens with zero attached hydrogens (tertiary/aromatic N) is 6. The van der Waals surface area contributed by atoms with Gasteiger partial charge in [0.15, 0.2) is 5.65 Å². The molecular weight excluding hydrogens is 306 g/mol. The molecule has 0 amide bonds. The van der Waals surface area contributed by atoms with Gasteiger partial charge in [0.1, 0.15) is 12.1 Å². The monoisotopic (exact) mass is 327 g/mol. The quantitative estimate of drug-likeness (QED) is 0.751. The van der Waals surface area contributed by atoms with Crippen molar-refractivity contribution in [1.82, 2.24) is 29.9 Å². The van der Waals surface area contributed by atoms with Gasteiger partial charge in [0.2, 0.25) is 0 Å². The van der Waals surface area contributed by atoms with Gasteiger partial charge in [-0.25, -0.2) is 9.97 Å². The highest BCUT2D eigenvalue weighted by molar-refractivity contribution is 5.86. The second-order valence-electron chi connectivity index (χ2n) is 6.63. The predicted octanol–water partition coefficient (Wildman–Crippen LogP) is 1.34. The van der Waals surface area contributed by atoms with Gasteiger partial charge in [0, 0.05) is 43.8 Å². The Hall–Kier alpha value is -2.48. The highest BCUT2D eigenvalue weighted by atomic mass is 16.3. The first-order valence-corrected chi connectivity index (χ1v) is 8.21. The molecule has 0 spiro atoms. The summed E-state index contributed by atoms with van der Waals surface area (Å²) in [5, 5.41) is 22.1. The third kappa shape index (κ3) is 2.43. The summed E-state index contributed by atoms with van der Waals surface area (Å²) in [7, 11) is 0. The number of hydrogen-bond acceptors (Lipinski definition) is 6. The first kappa shape index (κ1) is 15.1. The fourth-order valence-electron chi connectivity index (χ4n) is 3.44. The number of aliphatic hydroxyl groups excluding tert-OH is 1. The fraction of sp³-hybridized carbons (Fsp3) is 0.500. The fourth-order valence-corrected chi connectivity index (χ4v) is 3.44. The van der Waals surface area contributed by atoms with Crippen LogP contribution in [-0.2, 0) is 0 Å². The summed E-state index contributed by atoms with van der Waals surface area (Å²) in [5.41, 5.74) is 1.90. The molecule has 1 aliphatic heterocycles. The molecule has 8 nitrogen and oxygen atoms in total. The van der Waals surface area contributed by atoms with Crippen molar-refractivity contribution in [2.45, 2.75) is 25.8 Å². The van der Waals surface area contributed by atoms with E-state index in [1.165, 1.54) is 5.56 Å². The molecule has 1 saturated heterocycles. The van der Waals surface area contributed by atoms with Gasteiger partial charge in [-0.05, 0) is 19.4 Å². The van der Waals surface area contributed by atoms with Crippen LogP contribution in [0.5, 0.6) is 0 Å². The van der Waals surface area contributed by atoms with Gasteiger partial charge < -0.3 is 10.0 Å². The SMILES string of the molecule is CC(C)n1cc([C@@H]2CN(c3ncnc4[nH]ncc34)C[C@H]2CO)cn1. The normalized spacial score (nSPS) is 21.2. The molecule has 1 aliphatic rings. The molecule has 0 bridgehead atoms. The number of rotatable bonds is 4. The molecule has 0 aliphatic carbocycles. The van der Waals surface area contributed by atoms with E-state index in [4.69, 9.17) is 0 Å². The second-order valence-corrected chi connectivity index (χ2v) is 6.63. The Morgan fingerprint density at radius 1 is 1.29 bits per heavy atom. The van der Waals surface area contributed by atoms with Crippen LogP contribution in [0.2, 0.25) is 0 Å². The van der Waals surface area contributed by atoms with E-state index in [1.807, 2.05) is 10.9 Å². The molecule has 126 valence electrons. The van der Waals surface area contributed by atoms with Crippen LogP contribution in [-0.4, -0.2) is 54.7 Å². The minimum absolute atomic E-state index is 0.146. The predicted molar refractivity (Wildman–Crippen MR) is 89.8 cm³/mol. The molecule has 3 aromatic rings. The van der Waals surface area contributed by atoms with Crippen LogP contribution in [0.4, 0.5) is 5.82 Å². The lowest BCUT2D eigenvalue weighted by Crippen LogP contribution is -2.21. The Bertz CT molecular complexity index is 840. The Kier molecular flexibility index (Phi) is 3.68. The Labute approximate surface area is 139 Å². The lowest BCUT2D eigenvalue weighted by atomic mass is 9.92. The highest BCUT2D eigenvalue weighted by Crippen LogP contribution is 2.36. The van der Waals surface area contributed by atoms with E-state index >= 15 is 0 Å². The van der Waals surface area contributed by atoms with Gasteiger partial charge in [0.05, 0.1) is 17.8 Å². The molecule has 4 heterocycles. The van der Waals surface area contributed by atoms with Crippen molar-refractivity contribution in [2.24, 2.45) is 5.92 Å². The van der Waals surface area contributed by atoms with Crippen molar-refractivity contribution >= 4 is 16.9 Å². The average molecular weight is 327 g/mol. The molecule has 3 aromatic heterocycles. The second kappa shape index (κ2) is 5.86. The molecule has 4 rings (SSSR count). The van der Waals surface area contributed by atoms with Crippen molar-refractivity contribution < 1.29 is 5.11 Å². The van der Waals surface area contributed by atoms with Crippen LogP contribution in [0.1, 0.15) is 31.4 Å². The number of hydrogen-bond donors (Lipinski definition) is 2. The van der Waals surface area contributed by atoms with Crippen LogP contribution in [0.25, 0.3) is 11.0 Å². The molecule has 0 radical (unpaired) electrons. The number of aliphatic hydroxyl groups is 1. The number of aromatic amines is 1. The van der Waals surface area contributed by atoms with Gasteiger partial charge >= 0.3 is 0 Å². The van der Waals surface area contributed by atoms with E-state index in [9.17, 15) is 5.11 Å². The van der Waals surface area contributed by atoms with Crippen molar-refractivity contribution in [3.05, 3.63) is 30.5 Å². The Morgan fingerprint density at radius 2 is 2.17 bits per heavy atom. The molecular formula is C16H21N7O. The Morgan fingerprint density at radius 3 is 2.92 bits per heavy atom. The third-order valence-corrected chi connectivity index (χ3v) is 4.78.